The summed E-state index contributed by atoms with van der Waals surface area (Å²) >= 11 is 0. The van der Waals surface area contributed by atoms with Crippen LogP contribution in [-0.2, 0) is 11.0 Å². The molecule has 0 saturated heterocycles. The van der Waals surface area contributed by atoms with Crippen LogP contribution in [0.5, 0.6) is 0 Å². The fraction of sp³-hybridized carbons (Fsp3) is 0.200. The second kappa shape index (κ2) is 4.33. The van der Waals surface area contributed by atoms with Gasteiger partial charge in [0.25, 0.3) is 0 Å². The highest BCUT2D eigenvalue weighted by Gasteiger charge is 2.29. The number of alkyl halides is 3. The molecule has 0 spiro atoms. The first-order chi connectivity index (χ1) is 6.89. The van der Waals surface area contributed by atoms with Crippen molar-refractivity contribution in [1.29, 1.82) is 0 Å². The molecule has 0 fully saturated rings. The van der Waals surface area contributed by atoms with Crippen molar-refractivity contribution >= 4 is 5.91 Å². The van der Waals surface area contributed by atoms with Gasteiger partial charge in [0.05, 0.1) is 5.56 Å². The van der Waals surface area contributed by atoms with E-state index in [4.69, 9.17) is 5.73 Å². The van der Waals surface area contributed by atoms with E-state index in [1.807, 2.05) is 0 Å². The van der Waals surface area contributed by atoms with Gasteiger partial charge in [-0.3, -0.25) is 4.79 Å². The van der Waals surface area contributed by atoms with Gasteiger partial charge >= 0.3 is 6.18 Å². The Hall–Kier alpha value is -1.52. The second-order valence-electron chi connectivity index (χ2n) is 2.99. The van der Waals surface area contributed by atoms with Crippen LogP contribution in [0.2, 0.25) is 0 Å². The fourth-order valence-electron chi connectivity index (χ4n) is 1.03. The van der Waals surface area contributed by atoms with Gasteiger partial charge in [0.1, 0.15) is 0 Å². The molecule has 1 rings (SSSR count). The molecule has 0 aromatic heterocycles. The van der Waals surface area contributed by atoms with Gasteiger partial charge in [-0.05, 0) is 24.1 Å². The molecule has 0 saturated carbocycles. The topological polar surface area (TPSA) is 43.1 Å². The number of hydrogen-bond donors (Lipinski definition) is 1. The van der Waals surface area contributed by atoms with E-state index in [9.17, 15) is 18.0 Å². The van der Waals surface area contributed by atoms with Gasteiger partial charge in [-0.25, -0.2) is 0 Å². The van der Waals surface area contributed by atoms with Crippen LogP contribution in [0.15, 0.2) is 24.3 Å². The molecule has 81 valence electrons. The predicted octanol–water partition coefficient (Wildman–Crippen LogP) is 2.13. The minimum absolute atomic E-state index is 0.0192. The molecule has 0 aliphatic rings. The smallest absolute Gasteiger partial charge is 0.370 e. The van der Waals surface area contributed by atoms with Gasteiger partial charge in [-0.15, -0.1) is 0 Å². The molecule has 0 atom stereocenters. The molecule has 0 bridgehead atoms. The third kappa shape index (κ3) is 3.61. The molecular weight excluding hydrogens is 207 g/mol. The summed E-state index contributed by atoms with van der Waals surface area (Å²) in [4.78, 5) is 10.4. The van der Waals surface area contributed by atoms with Crippen molar-refractivity contribution in [2.45, 2.75) is 12.6 Å². The number of amides is 1. The van der Waals surface area contributed by atoms with E-state index < -0.39 is 17.6 Å². The highest BCUT2D eigenvalue weighted by Crippen LogP contribution is 2.29. The van der Waals surface area contributed by atoms with E-state index in [2.05, 4.69) is 0 Å². The quantitative estimate of drug-likeness (QED) is 0.826. The molecule has 0 aliphatic heterocycles. The number of primary amides is 1. The monoisotopic (exact) mass is 216 g/mol. The Bertz CT molecular complexity index is 343. The number of halogens is 3. The molecule has 1 amide bonds. The zero-order valence-electron chi connectivity index (χ0n) is 7.71. The molecule has 1 aromatic carbocycles. The summed E-state index contributed by atoms with van der Waals surface area (Å²) in [7, 11) is 0. The van der Waals surface area contributed by atoms with Crippen LogP contribution in [0.25, 0.3) is 0 Å². The van der Waals surface area contributed by atoms with Gasteiger partial charge in [-0.2, -0.15) is 13.2 Å². The van der Waals surface area contributed by atoms with Crippen molar-refractivity contribution in [3.8, 4) is 0 Å². The Labute approximate surface area is 84.9 Å². The van der Waals surface area contributed by atoms with Crippen molar-refractivity contribution in [2.75, 3.05) is 0 Å². The van der Waals surface area contributed by atoms with Crippen LogP contribution in [0.3, 0.4) is 0 Å². The molecule has 0 aliphatic carbocycles. The van der Waals surface area contributed by atoms with Gasteiger partial charge in [0.2, 0.25) is 5.91 Å². The zero-order valence-corrected chi connectivity index (χ0v) is 7.71. The standard InChI is InChI=1S/C10H9F3NO/c11-10(12,13)8-4-1-7(2-5-8)3-6-9(14)15/h1-5H,6H2,(H2,14,15). The molecule has 0 heterocycles. The van der Waals surface area contributed by atoms with Gasteiger partial charge in [0.15, 0.2) is 0 Å². The number of carbonyl (C=O) groups is 1. The van der Waals surface area contributed by atoms with Crippen LogP contribution >= 0.6 is 0 Å². The Morgan fingerprint density at radius 3 is 2.20 bits per heavy atom. The maximum atomic E-state index is 12.1. The van der Waals surface area contributed by atoms with Crippen LogP contribution in [-0.4, -0.2) is 5.91 Å². The lowest BCUT2D eigenvalue weighted by atomic mass is 10.1. The van der Waals surface area contributed by atoms with E-state index in [1.54, 1.807) is 0 Å². The third-order valence-electron chi connectivity index (χ3n) is 1.78. The summed E-state index contributed by atoms with van der Waals surface area (Å²) < 4.78 is 36.4. The van der Waals surface area contributed by atoms with Crippen LogP contribution in [0.1, 0.15) is 17.5 Å². The van der Waals surface area contributed by atoms with Crippen molar-refractivity contribution in [3.05, 3.63) is 41.8 Å². The largest absolute Gasteiger partial charge is 0.416 e. The molecule has 2 N–H and O–H groups in total. The molecule has 2 nitrogen and oxygen atoms in total. The predicted molar refractivity (Wildman–Crippen MR) is 48.7 cm³/mol. The second-order valence-corrected chi connectivity index (χ2v) is 2.99. The van der Waals surface area contributed by atoms with Crippen LogP contribution in [0, 0.1) is 6.42 Å². The molecule has 1 aromatic rings. The molecule has 5 heteroatoms. The number of carbonyl (C=O) groups excluding carboxylic acids is 1. The highest BCUT2D eigenvalue weighted by molar-refractivity contribution is 5.75. The summed E-state index contributed by atoms with van der Waals surface area (Å²) in [6.45, 7) is 0. The zero-order chi connectivity index (χ0) is 11.5. The minimum atomic E-state index is -4.33. The lowest BCUT2D eigenvalue weighted by Crippen LogP contribution is -2.10. The first-order valence-electron chi connectivity index (χ1n) is 4.18. The van der Waals surface area contributed by atoms with Crippen LogP contribution in [0.4, 0.5) is 13.2 Å². The van der Waals surface area contributed by atoms with Crippen molar-refractivity contribution < 1.29 is 18.0 Å². The van der Waals surface area contributed by atoms with E-state index in [0.29, 0.717) is 5.56 Å². The summed E-state index contributed by atoms with van der Waals surface area (Å²) in [5.74, 6) is -0.519. The first-order valence-corrected chi connectivity index (χ1v) is 4.18. The average Bonchev–Trinajstić information content (AvgIpc) is 2.14. The van der Waals surface area contributed by atoms with Crippen molar-refractivity contribution in [3.63, 3.8) is 0 Å². The van der Waals surface area contributed by atoms with Gasteiger partial charge in [-0.1, -0.05) is 12.1 Å². The summed E-state index contributed by atoms with van der Waals surface area (Å²) in [5, 5.41) is 0. The number of benzene rings is 1. The minimum Gasteiger partial charge on any atom is -0.370 e. The Morgan fingerprint density at radius 1 is 1.27 bits per heavy atom. The maximum absolute atomic E-state index is 12.1. The lowest BCUT2D eigenvalue weighted by molar-refractivity contribution is -0.137. The number of nitrogens with two attached hydrogens (primary N) is 1. The maximum Gasteiger partial charge on any atom is 0.416 e. The Balaban J connectivity index is 2.69. The lowest BCUT2D eigenvalue weighted by Gasteiger charge is -2.06. The molecule has 1 radical (unpaired) electrons. The summed E-state index contributed by atoms with van der Waals surface area (Å²) in [6, 6.07) is 4.52. The van der Waals surface area contributed by atoms with Crippen molar-refractivity contribution in [2.24, 2.45) is 5.73 Å². The number of hydrogen-bond acceptors (Lipinski definition) is 1. The SMILES string of the molecule is NC(=O)C[CH]c1ccc(C(F)(F)F)cc1. The molecule has 15 heavy (non-hydrogen) atoms. The van der Waals surface area contributed by atoms with Crippen molar-refractivity contribution in [1.82, 2.24) is 0 Å². The van der Waals surface area contributed by atoms with E-state index in [1.165, 1.54) is 18.6 Å². The normalized spacial score (nSPS) is 11.4. The van der Waals surface area contributed by atoms with Crippen LogP contribution < -0.4 is 5.73 Å². The fourth-order valence-corrected chi connectivity index (χ4v) is 1.03. The third-order valence-corrected chi connectivity index (χ3v) is 1.78. The van der Waals surface area contributed by atoms with E-state index in [-0.39, 0.29) is 6.42 Å². The van der Waals surface area contributed by atoms with Gasteiger partial charge in [0, 0.05) is 6.42 Å². The van der Waals surface area contributed by atoms with E-state index in [0.717, 1.165) is 12.1 Å². The van der Waals surface area contributed by atoms with Gasteiger partial charge < -0.3 is 5.73 Å². The molecular formula is C10H9F3NO. The first kappa shape index (κ1) is 11.6. The summed E-state index contributed by atoms with van der Waals surface area (Å²) in [6.07, 6.45) is -2.84. The Kier molecular flexibility index (Phi) is 3.34. The summed E-state index contributed by atoms with van der Waals surface area (Å²) in [5.41, 5.74) is 4.72. The number of rotatable bonds is 3. The van der Waals surface area contributed by atoms with E-state index >= 15 is 0 Å². The highest BCUT2D eigenvalue weighted by atomic mass is 19.4. The molecule has 0 unspecified atom stereocenters. The average molecular weight is 216 g/mol. The Morgan fingerprint density at radius 2 is 1.80 bits per heavy atom.